The van der Waals surface area contributed by atoms with E-state index in [-0.39, 0.29) is 16.9 Å². The second-order valence-corrected chi connectivity index (χ2v) is 6.91. The molecule has 1 aromatic heterocycles. The Kier molecular flexibility index (Phi) is 7.79. The lowest BCUT2D eigenvalue weighted by atomic mass is 10.2. The molecular weight excluding hydrogens is 448 g/mol. The van der Waals surface area contributed by atoms with Crippen molar-refractivity contribution in [2.75, 3.05) is 35.0 Å². The van der Waals surface area contributed by atoms with Gasteiger partial charge in [0.25, 0.3) is 0 Å². The first-order chi connectivity index (χ1) is 15.9. The summed E-state index contributed by atoms with van der Waals surface area (Å²) in [5, 5.41) is 20.5. The molecule has 33 heavy (non-hydrogen) atoms. The van der Waals surface area contributed by atoms with Crippen LogP contribution in [0, 0.1) is 0 Å². The number of hydrogen-bond acceptors (Lipinski definition) is 8. The molecule has 0 aliphatic heterocycles. The number of ether oxygens (including phenoxy) is 1. The van der Waals surface area contributed by atoms with Crippen LogP contribution >= 0.6 is 11.6 Å². The fourth-order valence-corrected chi connectivity index (χ4v) is 2.86. The molecule has 0 saturated heterocycles. The number of nitrogens with zero attached hydrogens (tertiary/aromatic N) is 2. The number of aromatic nitrogens is 2. The molecule has 3 aromatic rings. The van der Waals surface area contributed by atoms with Crippen molar-refractivity contribution in [1.82, 2.24) is 9.97 Å². The average molecular weight is 469 g/mol. The predicted molar refractivity (Wildman–Crippen MR) is 128 cm³/mol. The Balaban J connectivity index is 1.84. The van der Waals surface area contributed by atoms with Crippen LogP contribution in [0.4, 0.5) is 34.5 Å². The van der Waals surface area contributed by atoms with E-state index in [0.717, 1.165) is 0 Å². The van der Waals surface area contributed by atoms with Crippen LogP contribution in [0.1, 0.15) is 0 Å². The van der Waals surface area contributed by atoms with Gasteiger partial charge in [-0.05, 0) is 30.3 Å². The standard InChI is InChI=1S/C22H21ClN6O4/c1-3-19(31)26-15-6-4-5-7-16(15)27-21-14(23)11-24-22(29-21)28-17-9-8-13(10-18(17)33-2)25-20(32)12-30/h3-11,30H,1,12H2,2H3,(H,25,32)(H,26,31)(H2,24,27,28,29). The lowest BCUT2D eigenvalue weighted by Crippen LogP contribution is -2.15. The summed E-state index contributed by atoms with van der Waals surface area (Å²) in [6, 6.07) is 11.9. The normalized spacial score (nSPS) is 10.2. The summed E-state index contributed by atoms with van der Waals surface area (Å²) in [5.41, 5.74) is 2.08. The predicted octanol–water partition coefficient (Wildman–Crippen LogP) is 3.68. The molecule has 0 aliphatic rings. The van der Waals surface area contributed by atoms with Gasteiger partial charge in [0.05, 0.1) is 30.4 Å². The Morgan fingerprint density at radius 2 is 1.88 bits per heavy atom. The van der Waals surface area contributed by atoms with Crippen LogP contribution in [0.3, 0.4) is 0 Å². The van der Waals surface area contributed by atoms with Gasteiger partial charge in [0.15, 0.2) is 5.82 Å². The number of benzene rings is 2. The summed E-state index contributed by atoms with van der Waals surface area (Å²) in [4.78, 5) is 31.7. The number of nitrogens with one attached hydrogen (secondary N) is 4. The van der Waals surface area contributed by atoms with E-state index in [1.807, 2.05) is 0 Å². The zero-order chi connectivity index (χ0) is 23.8. The quantitative estimate of drug-likeness (QED) is 0.300. The molecule has 2 amide bonds. The molecule has 0 saturated carbocycles. The van der Waals surface area contributed by atoms with Gasteiger partial charge < -0.3 is 31.1 Å². The number of rotatable bonds is 9. The molecule has 5 N–H and O–H groups in total. The number of anilines is 6. The summed E-state index contributed by atoms with van der Waals surface area (Å²) >= 11 is 6.27. The van der Waals surface area contributed by atoms with E-state index in [9.17, 15) is 9.59 Å². The molecule has 0 atom stereocenters. The highest BCUT2D eigenvalue weighted by Gasteiger charge is 2.12. The third-order valence-electron chi connectivity index (χ3n) is 4.24. The molecule has 170 valence electrons. The highest BCUT2D eigenvalue weighted by atomic mass is 35.5. The number of para-hydroxylation sites is 2. The SMILES string of the molecule is C=CC(=O)Nc1ccccc1Nc1nc(Nc2ccc(NC(=O)CO)cc2OC)ncc1Cl. The smallest absolute Gasteiger partial charge is 0.250 e. The van der Waals surface area contributed by atoms with E-state index < -0.39 is 12.5 Å². The van der Waals surface area contributed by atoms with Gasteiger partial charge in [-0.2, -0.15) is 4.98 Å². The third kappa shape index (κ3) is 6.19. The van der Waals surface area contributed by atoms with Crippen molar-refractivity contribution in [3.63, 3.8) is 0 Å². The van der Waals surface area contributed by atoms with E-state index in [1.54, 1.807) is 42.5 Å². The highest BCUT2D eigenvalue weighted by molar-refractivity contribution is 6.33. The third-order valence-corrected chi connectivity index (χ3v) is 4.52. The van der Waals surface area contributed by atoms with Crippen molar-refractivity contribution in [3.05, 3.63) is 66.3 Å². The first-order valence-electron chi connectivity index (χ1n) is 9.61. The summed E-state index contributed by atoms with van der Waals surface area (Å²) in [6.07, 6.45) is 2.59. The number of carbonyl (C=O) groups excluding carboxylic acids is 2. The topological polar surface area (TPSA) is 138 Å². The van der Waals surface area contributed by atoms with Crippen molar-refractivity contribution < 1.29 is 19.4 Å². The molecule has 0 radical (unpaired) electrons. The molecule has 0 unspecified atom stereocenters. The molecule has 0 bridgehead atoms. The van der Waals surface area contributed by atoms with Gasteiger partial charge in [0, 0.05) is 11.8 Å². The fourth-order valence-electron chi connectivity index (χ4n) is 2.72. The minimum absolute atomic E-state index is 0.222. The Hall–Kier alpha value is -4.15. The second kappa shape index (κ2) is 10.9. The summed E-state index contributed by atoms with van der Waals surface area (Å²) in [5.74, 6) is 0.0432. The van der Waals surface area contributed by atoms with Crippen LogP contribution in [0.5, 0.6) is 5.75 Å². The first-order valence-corrected chi connectivity index (χ1v) is 9.99. The van der Waals surface area contributed by atoms with Crippen LogP contribution in [-0.4, -0.2) is 40.6 Å². The molecule has 1 heterocycles. The molecule has 11 heteroatoms. The monoisotopic (exact) mass is 468 g/mol. The highest BCUT2D eigenvalue weighted by Crippen LogP contribution is 2.32. The van der Waals surface area contributed by atoms with Crippen molar-refractivity contribution in [3.8, 4) is 5.75 Å². The lowest BCUT2D eigenvalue weighted by molar-refractivity contribution is -0.118. The molecule has 3 rings (SSSR count). The van der Waals surface area contributed by atoms with Gasteiger partial charge in [-0.1, -0.05) is 30.3 Å². The Morgan fingerprint density at radius 1 is 1.12 bits per heavy atom. The van der Waals surface area contributed by atoms with E-state index in [2.05, 4.69) is 37.8 Å². The maximum Gasteiger partial charge on any atom is 0.250 e. The minimum atomic E-state index is -0.628. The molecular formula is C22H21ClN6O4. The number of hydrogen-bond donors (Lipinski definition) is 5. The van der Waals surface area contributed by atoms with Gasteiger partial charge in [-0.25, -0.2) is 4.98 Å². The maximum atomic E-state index is 11.7. The van der Waals surface area contributed by atoms with Crippen LogP contribution in [0.15, 0.2) is 61.3 Å². The van der Waals surface area contributed by atoms with Gasteiger partial charge >= 0.3 is 0 Å². The Morgan fingerprint density at radius 3 is 2.58 bits per heavy atom. The van der Waals surface area contributed by atoms with Crippen molar-refractivity contribution in [2.45, 2.75) is 0 Å². The zero-order valence-corrected chi connectivity index (χ0v) is 18.3. The summed E-state index contributed by atoms with van der Waals surface area (Å²) < 4.78 is 5.36. The van der Waals surface area contributed by atoms with Gasteiger partial charge in [0.1, 0.15) is 17.4 Å². The van der Waals surface area contributed by atoms with E-state index in [1.165, 1.54) is 19.4 Å². The van der Waals surface area contributed by atoms with Crippen molar-refractivity contribution in [2.24, 2.45) is 0 Å². The minimum Gasteiger partial charge on any atom is -0.494 e. The van der Waals surface area contributed by atoms with Gasteiger partial charge in [0.2, 0.25) is 17.8 Å². The van der Waals surface area contributed by atoms with Crippen molar-refractivity contribution in [1.29, 1.82) is 0 Å². The largest absolute Gasteiger partial charge is 0.494 e. The van der Waals surface area contributed by atoms with Crippen LogP contribution < -0.4 is 26.0 Å². The molecule has 2 aromatic carbocycles. The number of carbonyl (C=O) groups is 2. The number of methoxy groups -OCH3 is 1. The van der Waals surface area contributed by atoms with Gasteiger partial charge in [-0.3, -0.25) is 9.59 Å². The van der Waals surface area contributed by atoms with E-state index >= 15 is 0 Å². The van der Waals surface area contributed by atoms with Crippen molar-refractivity contribution >= 4 is 57.9 Å². The molecule has 0 aliphatic carbocycles. The van der Waals surface area contributed by atoms with Crippen LogP contribution in [0.25, 0.3) is 0 Å². The first kappa shape index (κ1) is 23.5. The number of amides is 2. The summed E-state index contributed by atoms with van der Waals surface area (Å²) in [6.45, 7) is 2.82. The Bertz CT molecular complexity index is 1190. The van der Waals surface area contributed by atoms with E-state index in [0.29, 0.717) is 34.3 Å². The molecule has 0 spiro atoms. The number of aliphatic hydroxyl groups is 1. The number of halogens is 1. The maximum absolute atomic E-state index is 11.7. The Labute approximate surface area is 194 Å². The van der Waals surface area contributed by atoms with Crippen LogP contribution in [-0.2, 0) is 9.59 Å². The summed E-state index contributed by atoms with van der Waals surface area (Å²) in [7, 11) is 1.47. The molecule has 0 fully saturated rings. The van der Waals surface area contributed by atoms with Gasteiger partial charge in [-0.15, -0.1) is 0 Å². The van der Waals surface area contributed by atoms with Crippen LogP contribution in [0.2, 0.25) is 5.02 Å². The fraction of sp³-hybridized carbons (Fsp3) is 0.0909. The second-order valence-electron chi connectivity index (χ2n) is 6.50. The number of aliphatic hydroxyl groups excluding tert-OH is 1. The zero-order valence-electron chi connectivity index (χ0n) is 17.6. The molecule has 10 nitrogen and oxygen atoms in total. The lowest BCUT2D eigenvalue weighted by Gasteiger charge is -2.15. The van der Waals surface area contributed by atoms with E-state index in [4.69, 9.17) is 21.4 Å². The average Bonchev–Trinajstić information content (AvgIpc) is 2.83.